The number of amides is 2. The molecule has 2 aromatic rings. The summed E-state index contributed by atoms with van der Waals surface area (Å²) >= 11 is 5.88. The van der Waals surface area contributed by atoms with Gasteiger partial charge in [-0.05, 0) is 61.7 Å². The number of benzene rings is 2. The van der Waals surface area contributed by atoms with Crippen LogP contribution in [0, 0.1) is 20.8 Å². The van der Waals surface area contributed by atoms with E-state index in [0.717, 1.165) is 22.4 Å². The predicted octanol–water partition coefficient (Wildman–Crippen LogP) is 4.42. The van der Waals surface area contributed by atoms with E-state index in [1.807, 2.05) is 39.0 Å². The Morgan fingerprint density at radius 2 is 1.91 bits per heavy atom. The van der Waals surface area contributed by atoms with E-state index in [0.29, 0.717) is 10.7 Å². The van der Waals surface area contributed by atoms with Crippen LogP contribution < -0.4 is 15.4 Å². The Bertz CT molecular complexity index is 686. The molecule has 0 saturated heterocycles. The molecule has 0 fully saturated rings. The molecule has 0 unspecified atom stereocenters. The van der Waals surface area contributed by atoms with E-state index in [1.54, 1.807) is 18.2 Å². The van der Waals surface area contributed by atoms with Crippen LogP contribution in [0.5, 0.6) is 5.75 Å². The molecule has 0 saturated carbocycles. The number of aryl methyl sites for hydroxylation is 2. The van der Waals surface area contributed by atoms with Crippen LogP contribution in [0.15, 0.2) is 36.4 Å². The maximum absolute atomic E-state index is 11.9. The van der Waals surface area contributed by atoms with Gasteiger partial charge in [0.1, 0.15) is 5.75 Å². The molecule has 4 nitrogen and oxygen atoms in total. The number of hydrogen-bond donors (Lipinski definition) is 2. The maximum Gasteiger partial charge on any atom is 0.321 e. The zero-order valence-electron chi connectivity index (χ0n) is 12.9. The van der Waals surface area contributed by atoms with E-state index in [4.69, 9.17) is 16.3 Å². The van der Waals surface area contributed by atoms with Crippen LogP contribution in [-0.4, -0.2) is 12.8 Å². The molecule has 5 heteroatoms. The molecular weight excluding hydrogens is 300 g/mol. The summed E-state index contributed by atoms with van der Waals surface area (Å²) < 4.78 is 5.58. The predicted molar refractivity (Wildman–Crippen MR) is 89.8 cm³/mol. The molecule has 0 heterocycles. The van der Waals surface area contributed by atoms with E-state index < -0.39 is 0 Å². The standard InChI is InChI=1S/C17H19ClN2O2/c1-11-5-4-6-16(13(11)3)22-10-19-17(21)20-15-8-7-14(18)9-12(15)2/h4-9H,10H2,1-3H3,(H2,19,20,21). The largest absolute Gasteiger partial charge is 0.473 e. The molecule has 0 bridgehead atoms. The monoisotopic (exact) mass is 318 g/mol. The Morgan fingerprint density at radius 3 is 2.64 bits per heavy atom. The third kappa shape index (κ3) is 4.15. The minimum Gasteiger partial charge on any atom is -0.473 e. The van der Waals surface area contributed by atoms with E-state index >= 15 is 0 Å². The number of nitrogens with one attached hydrogen (secondary N) is 2. The van der Waals surface area contributed by atoms with Crippen molar-refractivity contribution in [2.24, 2.45) is 0 Å². The van der Waals surface area contributed by atoms with Crippen molar-refractivity contribution in [3.63, 3.8) is 0 Å². The van der Waals surface area contributed by atoms with Crippen LogP contribution in [0.1, 0.15) is 16.7 Å². The van der Waals surface area contributed by atoms with Gasteiger partial charge in [0.25, 0.3) is 0 Å². The molecule has 0 spiro atoms. The van der Waals surface area contributed by atoms with E-state index in [9.17, 15) is 4.79 Å². The van der Waals surface area contributed by atoms with Gasteiger partial charge in [-0.25, -0.2) is 4.79 Å². The summed E-state index contributed by atoms with van der Waals surface area (Å²) in [5, 5.41) is 6.06. The molecule has 0 aliphatic carbocycles. The lowest BCUT2D eigenvalue weighted by molar-refractivity contribution is 0.234. The van der Waals surface area contributed by atoms with Gasteiger partial charge in [-0.15, -0.1) is 0 Å². The fourth-order valence-corrected chi connectivity index (χ4v) is 2.22. The number of carbonyl (C=O) groups excluding carboxylic acids is 1. The molecule has 2 amide bonds. The molecule has 2 rings (SSSR count). The van der Waals surface area contributed by atoms with E-state index in [-0.39, 0.29) is 12.8 Å². The first-order valence-electron chi connectivity index (χ1n) is 6.97. The van der Waals surface area contributed by atoms with Gasteiger partial charge >= 0.3 is 6.03 Å². The fourth-order valence-electron chi connectivity index (χ4n) is 1.99. The second kappa shape index (κ2) is 7.18. The molecule has 116 valence electrons. The lowest BCUT2D eigenvalue weighted by Crippen LogP contribution is -2.32. The summed E-state index contributed by atoms with van der Waals surface area (Å²) in [5.41, 5.74) is 3.84. The van der Waals surface area contributed by atoms with E-state index in [1.165, 1.54) is 0 Å². The number of urea groups is 1. The maximum atomic E-state index is 11.9. The van der Waals surface area contributed by atoms with Gasteiger partial charge in [0.15, 0.2) is 6.73 Å². The van der Waals surface area contributed by atoms with Gasteiger partial charge in [0, 0.05) is 10.7 Å². The number of hydrogen-bond acceptors (Lipinski definition) is 2. The van der Waals surface area contributed by atoms with Crippen molar-refractivity contribution in [3.05, 3.63) is 58.1 Å². The molecule has 2 N–H and O–H groups in total. The van der Waals surface area contributed by atoms with Crippen molar-refractivity contribution < 1.29 is 9.53 Å². The first-order chi connectivity index (χ1) is 10.5. The zero-order chi connectivity index (χ0) is 16.1. The highest BCUT2D eigenvalue weighted by molar-refractivity contribution is 6.30. The second-order valence-electron chi connectivity index (χ2n) is 5.08. The lowest BCUT2D eigenvalue weighted by Gasteiger charge is -2.13. The van der Waals surface area contributed by atoms with Gasteiger partial charge in [0.05, 0.1) is 0 Å². The first-order valence-corrected chi connectivity index (χ1v) is 7.35. The Morgan fingerprint density at radius 1 is 1.14 bits per heavy atom. The molecule has 0 aliphatic heterocycles. The van der Waals surface area contributed by atoms with Gasteiger partial charge in [-0.1, -0.05) is 23.7 Å². The number of ether oxygens (including phenoxy) is 1. The van der Waals surface area contributed by atoms with Crippen LogP contribution in [0.2, 0.25) is 5.02 Å². The molecule has 0 atom stereocenters. The summed E-state index contributed by atoms with van der Waals surface area (Å²) in [6.45, 7) is 5.99. The van der Waals surface area contributed by atoms with Gasteiger partial charge in [-0.2, -0.15) is 0 Å². The second-order valence-corrected chi connectivity index (χ2v) is 5.51. The van der Waals surface area contributed by atoms with Crippen LogP contribution in [-0.2, 0) is 0 Å². The highest BCUT2D eigenvalue weighted by atomic mass is 35.5. The highest BCUT2D eigenvalue weighted by Crippen LogP contribution is 2.20. The average molecular weight is 319 g/mol. The SMILES string of the molecule is Cc1cc(Cl)ccc1NC(=O)NCOc1cccc(C)c1C. The number of anilines is 1. The summed E-state index contributed by atoms with van der Waals surface area (Å²) in [5.74, 6) is 0.767. The minimum absolute atomic E-state index is 0.1000. The topological polar surface area (TPSA) is 50.4 Å². The molecule has 0 aromatic heterocycles. The molecule has 0 radical (unpaired) electrons. The summed E-state index contributed by atoms with van der Waals surface area (Å²) in [7, 11) is 0. The summed E-state index contributed by atoms with van der Waals surface area (Å²) in [6, 6.07) is 10.8. The third-order valence-electron chi connectivity index (χ3n) is 3.45. The normalized spacial score (nSPS) is 10.2. The minimum atomic E-state index is -0.323. The highest BCUT2D eigenvalue weighted by Gasteiger charge is 2.06. The fraction of sp³-hybridized carbons (Fsp3) is 0.235. The van der Waals surface area contributed by atoms with Crippen LogP contribution in [0.3, 0.4) is 0 Å². The number of rotatable bonds is 4. The van der Waals surface area contributed by atoms with Crippen molar-refractivity contribution in [3.8, 4) is 5.75 Å². The zero-order valence-corrected chi connectivity index (χ0v) is 13.6. The third-order valence-corrected chi connectivity index (χ3v) is 3.69. The van der Waals surface area contributed by atoms with Crippen molar-refractivity contribution in [1.82, 2.24) is 5.32 Å². The Kier molecular flexibility index (Phi) is 5.28. The summed E-state index contributed by atoms with van der Waals surface area (Å²) in [4.78, 5) is 11.9. The van der Waals surface area contributed by atoms with Crippen molar-refractivity contribution >= 4 is 23.3 Å². The molecular formula is C17H19ClN2O2. The quantitative estimate of drug-likeness (QED) is 0.820. The van der Waals surface area contributed by atoms with Crippen molar-refractivity contribution in [1.29, 1.82) is 0 Å². The van der Waals surface area contributed by atoms with Crippen LogP contribution in [0.4, 0.5) is 10.5 Å². The summed E-state index contributed by atoms with van der Waals surface area (Å²) in [6.07, 6.45) is 0. The Hall–Kier alpha value is -2.20. The average Bonchev–Trinajstić information content (AvgIpc) is 2.46. The first kappa shape index (κ1) is 16.2. The van der Waals surface area contributed by atoms with Crippen molar-refractivity contribution in [2.45, 2.75) is 20.8 Å². The molecule has 22 heavy (non-hydrogen) atoms. The van der Waals surface area contributed by atoms with Crippen molar-refractivity contribution in [2.75, 3.05) is 12.0 Å². The number of halogens is 1. The van der Waals surface area contributed by atoms with Gasteiger partial charge in [-0.3, -0.25) is 0 Å². The van der Waals surface area contributed by atoms with Crippen LogP contribution in [0.25, 0.3) is 0 Å². The smallest absolute Gasteiger partial charge is 0.321 e. The van der Waals surface area contributed by atoms with Gasteiger partial charge in [0.2, 0.25) is 0 Å². The molecule has 2 aromatic carbocycles. The lowest BCUT2D eigenvalue weighted by atomic mass is 10.1. The van der Waals surface area contributed by atoms with Crippen LogP contribution >= 0.6 is 11.6 Å². The Balaban J connectivity index is 1.87. The van der Waals surface area contributed by atoms with Gasteiger partial charge < -0.3 is 15.4 Å². The number of carbonyl (C=O) groups is 1. The molecule has 0 aliphatic rings. The van der Waals surface area contributed by atoms with E-state index in [2.05, 4.69) is 10.6 Å². The Labute approximate surface area is 135 Å².